The van der Waals surface area contributed by atoms with Crippen LogP contribution >= 0.6 is 0 Å². The van der Waals surface area contributed by atoms with Crippen LogP contribution in [0.3, 0.4) is 0 Å². The monoisotopic (exact) mass is 543 g/mol. The summed E-state index contributed by atoms with van der Waals surface area (Å²) < 4.78 is 17.1. The highest BCUT2D eigenvalue weighted by Crippen LogP contribution is 2.34. The van der Waals surface area contributed by atoms with Gasteiger partial charge in [-0.05, 0) is 58.7 Å². The molecule has 5 nitrogen and oxygen atoms in total. The van der Waals surface area contributed by atoms with Crippen LogP contribution in [0, 0.1) is 0 Å². The standard InChI is InChI=1S/C36H33NO4/c1-39-32-21-19-31(20-22-32)36(38)37(35(29-14-8-4-9-15-29)30-16-10-5-11-17-30)25-28-18-23-33(34(24-28)40-2)41-26-27-12-6-3-7-13-27/h3-24,35H,25-26H2,1-2H3. The number of rotatable bonds is 11. The minimum absolute atomic E-state index is 0.0891. The Balaban J connectivity index is 1.51. The molecule has 41 heavy (non-hydrogen) atoms. The maximum Gasteiger partial charge on any atom is 0.254 e. The van der Waals surface area contributed by atoms with Crippen molar-refractivity contribution in [3.05, 3.63) is 161 Å². The maximum atomic E-state index is 14.2. The highest BCUT2D eigenvalue weighted by Gasteiger charge is 2.28. The number of amides is 1. The van der Waals surface area contributed by atoms with Crippen molar-refractivity contribution in [1.29, 1.82) is 0 Å². The largest absolute Gasteiger partial charge is 0.497 e. The topological polar surface area (TPSA) is 48.0 Å². The van der Waals surface area contributed by atoms with E-state index in [-0.39, 0.29) is 11.9 Å². The predicted molar refractivity (Wildman–Crippen MR) is 161 cm³/mol. The molecule has 0 saturated carbocycles. The van der Waals surface area contributed by atoms with Gasteiger partial charge in [0.05, 0.1) is 20.3 Å². The molecule has 0 spiro atoms. The summed E-state index contributed by atoms with van der Waals surface area (Å²) in [5, 5.41) is 0. The summed E-state index contributed by atoms with van der Waals surface area (Å²) in [4.78, 5) is 16.2. The number of hydrogen-bond acceptors (Lipinski definition) is 4. The van der Waals surface area contributed by atoms with E-state index < -0.39 is 0 Å². The van der Waals surface area contributed by atoms with Crippen molar-refractivity contribution in [3.8, 4) is 17.2 Å². The molecule has 0 aromatic heterocycles. The Bertz CT molecular complexity index is 1500. The van der Waals surface area contributed by atoms with Crippen molar-refractivity contribution in [3.63, 3.8) is 0 Å². The van der Waals surface area contributed by atoms with Crippen LogP contribution in [0.5, 0.6) is 17.2 Å². The first-order valence-electron chi connectivity index (χ1n) is 13.5. The van der Waals surface area contributed by atoms with E-state index in [4.69, 9.17) is 14.2 Å². The van der Waals surface area contributed by atoms with Gasteiger partial charge >= 0.3 is 0 Å². The normalized spacial score (nSPS) is 10.7. The van der Waals surface area contributed by atoms with E-state index in [1.54, 1.807) is 14.2 Å². The van der Waals surface area contributed by atoms with Gasteiger partial charge in [-0.3, -0.25) is 4.79 Å². The van der Waals surface area contributed by atoms with Crippen molar-refractivity contribution in [2.45, 2.75) is 19.2 Å². The summed E-state index contributed by atoms with van der Waals surface area (Å²) >= 11 is 0. The zero-order valence-electron chi connectivity index (χ0n) is 23.3. The van der Waals surface area contributed by atoms with Crippen molar-refractivity contribution in [1.82, 2.24) is 4.90 Å². The second-order valence-electron chi connectivity index (χ2n) is 9.64. The molecule has 0 unspecified atom stereocenters. The molecule has 0 bridgehead atoms. The second kappa shape index (κ2) is 13.4. The van der Waals surface area contributed by atoms with Gasteiger partial charge in [0, 0.05) is 12.1 Å². The van der Waals surface area contributed by atoms with E-state index in [0.717, 1.165) is 22.3 Å². The van der Waals surface area contributed by atoms with Gasteiger partial charge in [-0.15, -0.1) is 0 Å². The average molecular weight is 544 g/mol. The lowest BCUT2D eigenvalue weighted by molar-refractivity contribution is 0.0690. The number of ether oxygens (including phenoxy) is 3. The second-order valence-corrected chi connectivity index (χ2v) is 9.64. The van der Waals surface area contributed by atoms with Crippen molar-refractivity contribution in [2.24, 2.45) is 0 Å². The Morgan fingerprint density at radius 2 is 1.22 bits per heavy atom. The van der Waals surface area contributed by atoms with Crippen LogP contribution in [0.15, 0.2) is 133 Å². The van der Waals surface area contributed by atoms with E-state index >= 15 is 0 Å². The summed E-state index contributed by atoms with van der Waals surface area (Å²) in [6.45, 7) is 0.789. The molecule has 0 radical (unpaired) electrons. The van der Waals surface area contributed by atoms with E-state index in [1.807, 2.05) is 114 Å². The van der Waals surface area contributed by atoms with Gasteiger partial charge < -0.3 is 19.1 Å². The Morgan fingerprint density at radius 1 is 0.634 bits per heavy atom. The van der Waals surface area contributed by atoms with Crippen LogP contribution in [-0.2, 0) is 13.2 Å². The SMILES string of the molecule is COc1ccc(C(=O)N(Cc2ccc(OCc3ccccc3)c(OC)c2)C(c2ccccc2)c2ccccc2)cc1. The van der Waals surface area contributed by atoms with Crippen LogP contribution in [0.25, 0.3) is 0 Å². The molecular formula is C36H33NO4. The van der Waals surface area contributed by atoms with Gasteiger partial charge in [0.1, 0.15) is 12.4 Å². The van der Waals surface area contributed by atoms with Crippen molar-refractivity contribution >= 4 is 5.91 Å². The molecule has 0 atom stereocenters. The molecule has 0 aliphatic rings. The van der Waals surface area contributed by atoms with Gasteiger partial charge in [0.25, 0.3) is 5.91 Å². The lowest BCUT2D eigenvalue weighted by atomic mass is 9.95. The minimum Gasteiger partial charge on any atom is -0.497 e. The number of carbonyl (C=O) groups excluding carboxylic acids is 1. The molecule has 5 rings (SSSR count). The molecule has 0 saturated heterocycles. The Hall–Kier alpha value is -5.03. The lowest BCUT2D eigenvalue weighted by Gasteiger charge is -2.33. The van der Waals surface area contributed by atoms with Crippen LogP contribution < -0.4 is 14.2 Å². The number of nitrogens with zero attached hydrogens (tertiary/aromatic N) is 1. The molecule has 5 aromatic carbocycles. The third-order valence-corrected chi connectivity index (χ3v) is 6.96. The summed E-state index contributed by atoms with van der Waals surface area (Å²) in [5.41, 5.74) is 4.62. The summed E-state index contributed by atoms with van der Waals surface area (Å²) in [6.07, 6.45) is 0. The van der Waals surface area contributed by atoms with E-state index in [2.05, 4.69) is 24.3 Å². The fourth-order valence-electron chi connectivity index (χ4n) is 4.86. The number of benzene rings is 5. The fourth-order valence-corrected chi connectivity index (χ4v) is 4.86. The lowest BCUT2D eigenvalue weighted by Crippen LogP contribution is -2.35. The zero-order valence-corrected chi connectivity index (χ0v) is 23.3. The molecular weight excluding hydrogens is 510 g/mol. The van der Waals surface area contributed by atoms with E-state index in [1.165, 1.54) is 0 Å². The smallest absolute Gasteiger partial charge is 0.254 e. The molecule has 0 aliphatic carbocycles. The Kier molecular flexibility index (Phi) is 8.97. The summed E-state index contributed by atoms with van der Waals surface area (Å²) in [7, 11) is 3.25. The zero-order chi connectivity index (χ0) is 28.4. The Labute approximate surface area is 241 Å². The summed E-state index contributed by atoms with van der Waals surface area (Å²) in [6, 6.07) is 43.0. The molecule has 1 amide bonds. The molecule has 206 valence electrons. The van der Waals surface area contributed by atoms with Gasteiger partial charge in [0.2, 0.25) is 0 Å². The van der Waals surface area contributed by atoms with Gasteiger partial charge in [-0.1, -0.05) is 97.1 Å². The molecule has 0 N–H and O–H groups in total. The highest BCUT2D eigenvalue weighted by molar-refractivity contribution is 5.95. The first-order chi connectivity index (χ1) is 20.2. The molecule has 5 aromatic rings. The summed E-state index contributed by atoms with van der Waals surface area (Å²) in [5.74, 6) is 1.88. The third kappa shape index (κ3) is 6.76. The highest BCUT2D eigenvalue weighted by atomic mass is 16.5. The average Bonchev–Trinajstić information content (AvgIpc) is 3.05. The Morgan fingerprint density at radius 3 is 1.78 bits per heavy atom. The quantitative estimate of drug-likeness (QED) is 0.171. The van der Waals surface area contributed by atoms with Crippen molar-refractivity contribution in [2.75, 3.05) is 14.2 Å². The van der Waals surface area contributed by atoms with Crippen LogP contribution in [-0.4, -0.2) is 25.0 Å². The van der Waals surface area contributed by atoms with Crippen LogP contribution in [0.1, 0.15) is 38.7 Å². The first-order valence-corrected chi connectivity index (χ1v) is 13.5. The van der Waals surface area contributed by atoms with E-state index in [9.17, 15) is 4.79 Å². The van der Waals surface area contributed by atoms with Crippen LogP contribution in [0.2, 0.25) is 0 Å². The predicted octanol–water partition coefficient (Wildman–Crippen LogP) is 7.71. The molecule has 5 heteroatoms. The molecule has 0 fully saturated rings. The number of hydrogen-bond donors (Lipinski definition) is 0. The number of carbonyl (C=O) groups is 1. The number of methoxy groups -OCH3 is 2. The van der Waals surface area contributed by atoms with Gasteiger partial charge in [-0.2, -0.15) is 0 Å². The fraction of sp³-hybridized carbons (Fsp3) is 0.139. The van der Waals surface area contributed by atoms with E-state index in [0.29, 0.717) is 36.0 Å². The molecule has 0 aliphatic heterocycles. The van der Waals surface area contributed by atoms with Crippen molar-refractivity contribution < 1.29 is 19.0 Å². The third-order valence-electron chi connectivity index (χ3n) is 6.96. The maximum absolute atomic E-state index is 14.2. The van der Waals surface area contributed by atoms with Crippen LogP contribution in [0.4, 0.5) is 0 Å². The van der Waals surface area contributed by atoms with Gasteiger partial charge in [-0.25, -0.2) is 0 Å². The van der Waals surface area contributed by atoms with Gasteiger partial charge in [0.15, 0.2) is 11.5 Å². The molecule has 0 heterocycles. The minimum atomic E-state index is -0.313. The first kappa shape index (κ1) is 27.5.